The normalized spacial score (nSPS) is 27.9. The van der Waals surface area contributed by atoms with Crippen LogP contribution in [0, 0.1) is 39.5 Å². The summed E-state index contributed by atoms with van der Waals surface area (Å²) < 4.78 is 0. The molecule has 0 amide bonds. The fourth-order valence-electron chi connectivity index (χ4n) is 2.28. The monoisotopic (exact) mass is 282 g/mol. The first kappa shape index (κ1) is 20.9. The van der Waals surface area contributed by atoms with Gasteiger partial charge in [-0.05, 0) is 30.6 Å². The number of rotatable bonds is 4. The molecular formula is C14H25Y. The van der Waals surface area contributed by atoms with Crippen molar-refractivity contribution in [1.82, 2.24) is 0 Å². The quantitative estimate of drug-likeness (QED) is 0.525. The van der Waals surface area contributed by atoms with Crippen molar-refractivity contribution in [2.24, 2.45) is 17.8 Å². The molecule has 3 unspecified atom stereocenters. The molecule has 0 radical (unpaired) electrons. The SMILES string of the molecule is C=CC1CC(C=C)C(CC[CH2-])C1.[CH3-].[CH3-].[Y+3]. The summed E-state index contributed by atoms with van der Waals surface area (Å²) in [4.78, 5) is 0. The molecule has 1 rings (SSSR count). The van der Waals surface area contributed by atoms with Gasteiger partial charge in [-0.15, -0.1) is 13.2 Å². The molecule has 0 spiro atoms. The zero-order valence-electron chi connectivity index (χ0n) is 10.4. The zero-order chi connectivity index (χ0) is 8.97. The number of hydrogen-bond acceptors (Lipinski definition) is 0. The Hall–Kier alpha value is 0.584. The van der Waals surface area contributed by atoms with Gasteiger partial charge >= 0.3 is 32.7 Å². The van der Waals surface area contributed by atoms with E-state index >= 15 is 0 Å². The maximum atomic E-state index is 3.91. The molecule has 1 aliphatic carbocycles. The van der Waals surface area contributed by atoms with Gasteiger partial charge in [0.15, 0.2) is 0 Å². The van der Waals surface area contributed by atoms with E-state index in [1.54, 1.807) is 0 Å². The third kappa shape index (κ3) is 6.02. The molecule has 3 atom stereocenters. The Balaban J connectivity index is -0.000000480. The molecule has 0 saturated heterocycles. The maximum Gasteiger partial charge on any atom is 3.00 e. The minimum absolute atomic E-state index is 0. The van der Waals surface area contributed by atoms with Gasteiger partial charge in [-0.1, -0.05) is 18.6 Å². The summed E-state index contributed by atoms with van der Waals surface area (Å²) >= 11 is 0. The first-order valence-electron chi connectivity index (χ1n) is 4.86. The van der Waals surface area contributed by atoms with Crippen molar-refractivity contribution < 1.29 is 32.7 Å². The summed E-state index contributed by atoms with van der Waals surface area (Å²) in [7, 11) is 0. The average molecular weight is 282 g/mol. The van der Waals surface area contributed by atoms with Crippen LogP contribution in [0.1, 0.15) is 25.7 Å². The molecule has 1 fully saturated rings. The van der Waals surface area contributed by atoms with Gasteiger partial charge in [0.2, 0.25) is 0 Å². The fraction of sp³-hybridized carbons (Fsp3) is 0.500. The van der Waals surface area contributed by atoms with E-state index in [4.69, 9.17) is 0 Å². The van der Waals surface area contributed by atoms with Gasteiger partial charge in [0.1, 0.15) is 0 Å². The van der Waals surface area contributed by atoms with Crippen LogP contribution in [-0.2, 0) is 32.7 Å². The van der Waals surface area contributed by atoms with Gasteiger partial charge < -0.3 is 21.8 Å². The molecule has 0 aromatic heterocycles. The van der Waals surface area contributed by atoms with Gasteiger partial charge in [0, 0.05) is 0 Å². The van der Waals surface area contributed by atoms with Crippen LogP contribution < -0.4 is 0 Å². The van der Waals surface area contributed by atoms with Crippen molar-refractivity contribution >= 4 is 0 Å². The Morgan fingerprint density at radius 1 is 1.13 bits per heavy atom. The van der Waals surface area contributed by atoms with E-state index in [1.807, 2.05) is 0 Å². The van der Waals surface area contributed by atoms with Crippen molar-refractivity contribution in [3.8, 4) is 0 Å². The smallest absolute Gasteiger partial charge is 0.358 e. The molecule has 0 bridgehead atoms. The van der Waals surface area contributed by atoms with Crippen molar-refractivity contribution in [2.45, 2.75) is 25.7 Å². The van der Waals surface area contributed by atoms with Crippen LogP contribution in [0.3, 0.4) is 0 Å². The third-order valence-electron chi connectivity index (χ3n) is 3.00. The molecule has 0 aliphatic heterocycles. The molecule has 0 aromatic rings. The van der Waals surface area contributed by atoms with E-state index in [0.717, 1.165) is 24.2 Å². The second kappa shape index (κ2) is 11.1. The second-order valence-electron chi connectivity index (χ2n) is 3.77. The average Bonchev–Trinajstić information content (AvgIpc) is 2.48. The molecular weight excluding hydrogens is 257 g/mol. The Labute approximate surface area is 122 Å². The summed E-state index contributed by atoms with van der Waals surface area (Å²) in [6.07, 6.45) is 9.08. The van der Waals surface area contributed by atoms with Crippen molar-refractivity contribution in [2.75, 3.05) is 0 Å². The van der Waals surface area contributed by atoms with Crippen molar-refractivity contribution in [3.63, 3.8) is 0 Å². The molecule has 15 heavy (non-hydrogen) atoms. The van der Waals surface area contributed by atoms with Gasteiger partial charge in [-0.3, -0.25) is 0 Å². The first-order valence-corrected chi connectivity index (χ1v) is 4.86. The molecule has 84 valence electrons. The predicted molar refractivity (Wildman–Crippen MR) is 67.5 cm³/mol. The number of allylic oxidation sites excluding steroid dienone is 2. The summed E-state index contributed by atoms with van der Waals surface area (Å²) in [5.41, 5.74) is 0. The molecule has 1 saturated carbocycles. The Kier molecular flexibility index (Phi) is 15.5. The topological polar surface area (TPSA) is 0 Å². The second-order valence-corrected chi connectivity index (χ2v) is 3.77. The fourth-order valence-corrected chi connectivity index (χ4v) is 2.28. The summed E-state index contributed by atoms with van der Waals surface area (Å²) in [5.74, 6) is 2.27. The Bertz CT molecular complexity index is 163. The summed E-state index contributed by atoms with van der Waals surface area (Å²) in [5, 5.41) is 0. The standard InChI is InChI=1S/C12H19.2CH3.Y/c1-4-7-12-9-10(5-2)8-11(12)6-3;;;/h5-6,10-12H,1-4,7-9H2;2*1H3;/q3*-1;+3. The van der Waals surface area contributed by atoms with Crippen LogP contribution in [0.2, 0.25) is 0 Å². The molecule has 0 nitrogen and oxygen atoms in total. The molecule has 0 aromatic carbocycles. The van der Waals surface area contributed by atoms with E-state index in [9.17, 15) is 0 Å². The van der Waals surface area contributed by atoms with Gasteiger partial charge in [0.05, 0.1) is 0 Å². The van der Waals surface area contributed by atoms with Gasteiger partial charge in [-0.2, -0.15) is 6.42 Å². The molecule has 0 heterocycles. The Morgan fingerprint density at radius 3 is 2.13 bits per heavy atom. The maximum absolute atomic E-state index is 3.91. The van der Waals surface area contributed by atoms with Crippen molar-refractivity contribution in [1.29, 1.82) is 0 Å². The van der Waals surface area contributed by atoms with E-state index in [1.165, 1.54) is 19.3 Å². The summed E-state index contributed by atoms with van der Waals surface area (Å²) in [6, 6.07) is 0. The third-order valence-corrected chi connectivity index (χ3v) is 3.00. The largest absolute Gasteiger partial charge is 3.00 e. The minimum Gasteiger partial charge on any atom is -0.358 e. The Morgan fingerprint density at radius 2 is 1.73 bits per heavy atom. The van der Waals surface area contributed by atoms with E-state index in [2.05, 4.69) is 32.2 Å². The van der Waals surface area contributed by atoms with Crippen LogP contribution in [0.4, 0.5) is 0 Å². The van der Waals surface area contributed by atoms with Crippen LogP contribution in [0.15, 0.2) is 25.3 Å². The summed E-state index contributed by atoms with van der Waals surface area (Å²) in [6.45, 7) is 11.7. The molecule has 1 aliphatic rings. The van der Waals surface area contributed by atoms with Crippen LogP contribution in [0.5, 0.6) is 0 Å². The predicted octanol–water partition coefficient (Wildman–Crippen LogP) is 4.51. The van der Waals surface area contributed by atoms with Gasteiger partial charge in [0.25, 0.3) is 0 Å². The van der Waals surface area contributed by atoms with Crippen LogP contribution in [-0.4, -0.2) is 0 Å². The van der Waals surface area contributed by atoms with E-state index in [-0.39, 0.29) is 47.6 Å². The van der Waals surface area contributed by atoms with Crippen LogP contribution >= 0.6 is 0 Å². The van der Waals surface area contributed by atoms with Gasteiger partial charge in [-0.25, -0.2) is 0 Å². The van der Waals surface area contributed by atoms with Crippen LogP contribution in [0.25, 0.3) is 0 Å². The van der Waals surface area contributed by atoms with Crippen molar-refractivity contribution in [3.05, 3.63) is 47.1 Å². The van der Waals surface area contributed by atoms with E-state index < -0.39 is 0 Å². The van der Waals surface area contributed by atoms with E-state index in [0.29, 0.717) is 0 Å². The number of hydrogen-bond donors (Lipinski definition) is 0. The zero-order valence-corrected chi connectivity index (χ0v) is 13.3. The molecule has 0 N–H and O–H groups in total. The first-order chi connectivity index (χ1) is 5.81. The minimum atomic E-state index is 0. The molecule has 1 heteroatoms.